The molecule has 2 rings (SSSR count). The highest BCUT2D eigenvalue weighted by Crippen LogP contribution is 2.28. The third-order valence-electron chi connectivity index (χ3n) is 3.93. The van der Waals surface area contributed by atoms with Gasteiger partial charge in [0.2, 0.25) is 5.91 Å². The summed E-state index contributed by atoms with van der Waals surface area (Å²) in [6.45, 7) is 0.914. The molecular formula is C15H22N2O2. The van der Waals surface area contributed by atoms with Gasteiger partial charge in [0, 0.05) is 25.0 Å². The molecule has 2 atom stereocenters. The van der Waals surface area contributed by atoms with Crippen molar-refractivity contribution in [1.29, 1.82) is 0 Å². The molecule has 4 nitrogen and oxygen atoms in total. The maximum atomic E-state index is 11.8. The number of aromatic nitrogens is 1. The minimum Gasteiger partial charge on any atom is -0.396 e. The summed E-state index contributed by atoms with van der Waals surface area (Å²) in [6.07, 6.45) is 6.62. The Hall–Kier alpha value is -1.42. The molecule has 104 valence electrons. The van der Waals surface area contributed by atoms with Crippen LogP contribution in [0.25, 0.3) is 0 Å². The van der Waals surface area contributed by atoms with E-state index in [1.54, 1.807) is 6.20 Å². The highest BCUT2D eigenvalue weighted by molar-refractivity contribution is 5.78. The number of nitrogens with zero attached hydrogens (tertiary/aromatic N) is 1. The Balaban J connectivity index is 1.76. The summed E-state index contributed by atoms with van der Waals surface area (Å²) in [6, 6.07) is 5.59. The number of carbonyl (C=O) groups excluding carboxylic acids is 1. The topological polar surface area (TPSA) is 62.2 Å². The lowest BCUT2D eigenvalue weighted by Crippen LogP contribution is -2.36. The monoisotopic (exact) mass is 262 g/mol. The van der Waals surface area contributed by atoms with E-state index < -0.39 is 0 Å². The van der Waals surface area contributed by atoms with Crippen LogP contribution in [-0.2, 0) is 11.2 Å². The fraction of sp³-hybridized carbons (Fsp3) is 0.600. The number of aliphatic hydroxyl groups is 1. The van der Waals surface area contributed by atoms with Gasteiger partial charge in [0.25, 0.3) is 0 Å². The maximum Gasteiger partial charge on any atom is 0.226 e. The van der Waals surface area contributed by atoms with Crippen LogP contribution < -0.4 is 5.32 Å². The van der Waals surface area contributed by atoms with Gasteiger partial charge in [-0.3, -0.25) is 9.78 Å². The lowest BCUT2D eigenvalue weighted by Gasteiger charge is -2.30. The van der Waals surface area contributed by atoms with Crippen molar-refractivity contribution in [2.45, 2.75) is 32.1 Å². The van der Waals surface area contributed by atoms with Gasteiger partial charge in [-0.15, -0.1) is 0 Å². The molecule has 1 aliphatic rings. The molecule has 2 N–H and O–H groups in total. The van der Waals surface area contributed by atoms with Crippen molar-refractivity contribution in [3.05, 3.63) is 30.1 Å². The highest BCUT2D eigenvalue weighted by Gasteiger charge is 2.24. The van der Waals surface area contributed by atoms with Crippen molar-refractivity contribution in [2.24, 2.45) is 11.8 Å². The van der Waals surface area contributed by atoms with Crippen LogP contribution in [0.2, 0.25) is 0 Å². The first-order chi connectivity index (χ1) is 9.29. The Bertz CT molecular complexity index is 394. The number of carbonyl (C=O) groups is 1. The molecule has 0 aliphatic heterocycles. The predicted octanol–water partition coefficient (Wildman–Crippen LogP) is 1.54. The van der Waals surface area contributed by atoms with Crippen LogP contribution in [0.15, 0.2) is 24.4 Å². The molecule has 0 radical (unpaired) electrons. The Labute approximate surface area is 114 Å². The van der Waals surface area contributed by atoms with E-state index in [2.05, 4.69) is 10.3 Å². The molecule has 0 spiro atoms. The summed E-state index contributed by atoms with van der Waals surface area (Å²) in [4.78, 5) is 16.0. The minimum absolute atomic E-state index is 0.0148. The second-order valence-electron chi connectivity index (χ2n) is 5.29. The predicted molar refractivity (Wildman–Crippen MR) is 73.5 cm³/mol. The number of hydrogen-bond acceptors (Lipinski definition) is 3. The van der Waals surface area contributed by atoms with Crippen molar-refractivity contribution in [2.75, 3.05) is 13.2 Å². The van der Waals surface area contributed by atoms with Crippen LogP contribution in [0, 0.1) is 11.8 Å². The minimum atomic E-state index is 0.0148. The van der Waals surface area contributed by atoms with Gasteiger partial charge in [-0.05, 0) is 36.8 Å². The standard InChI is InChI=1S/C15H22N2O2/c18-11-13-6-2-1-5-12(13)10-17-15(19)9-14-7-3-4-8-16-14/h3-4,7-8,12-13,18H,1-2,5-6,9-11H2,(H,17,19). The molecule has 1 aromatic heterocycles. The third-order valence-corrected chi connectivity index (χ3v) is 3.93. The summed E-state index contributed by atoms with van der Waals surface area (Å²) in [7, 11) is 0. The zero-order valence-corrected chi connectivity index (χ0v) is 11.2. The van der Waals surface area contributed by atoms with Gasteiger partial charge in [-0.2, -0.15) is 0 Å². The number of nitrogens with one attached hydrogen (secondary N) is 1. The first-order valence-corrected chi connectivity index (χ1v) is 7.07. The van der Waals surface area contributed by atoms with Gasteiger partial charge < -0.3 is 10.4 Å². The van der Waals surface area contributed by atoms with Crippen molar-refractivity contribution < 1.29 is 9.90 Å². The lowest BCUT2D eigenvalue weighted by molar-refractivity contribution is -0.120. The molecule has 1 aromatic rings. The molecule has 4 heteroatoms. The molecule has 2 unspecified atom stereocenters. The molecule has 1 heterocycles. The maximum absolute atomic E-state index is 11.8. The average molecular weight is 262 g/mol. The second kappa shape index (κ2) is 7.24. The number of aliphatic hydroxyl groups excluding tert-OH is 1. The van der Waals surface area contributed by atoms with Crippen LogP contribution >= 0.6 is 0 Å². The van der Waals surface area contributed by atoms with Gasteiger partial charge in [-0.1, -0.05) is 18.9 Å². The van der Waals surface area contributed by atoms with Crippen LogP contribution in [-0.4, -0.2) is 29.1 Å². The molecule has 1 amide bonds. The number of amides is 1. The van der Waals surface area contributed by atoms with Crippen molar-refractivity contribution in [1.82, 2.24) is 10.3 Å². The largest absolute Gasteiger partial charge is 0.396 e. The van der Waals surface area contributed by atoms with E-state index in [4.69, 9.17) is 0 Å². The van der Waals surface area contributed by atoms with Crippen LogP contribution in [0.3, 0.4) is 0 Å². The van der Waals surface area contributed by atoms with E-state index in [0.717, 1.165) is 18.5 Å². The van der Waals surface area contributed by atoms with Gasteiger partial charge in [0.05, 0.1) is 6.42 Å². The second-order valence-corrected chi connectivity index (χ2v) is 5.29. The lowest BCUT2D eigenvalue weighted by atomic mass is 9.79. The quantitative estimate of drug-likeness (QED) is 0.846. The molecule has 0 bridgehead atoms. The first kappa shape index (κ1) is 14.0. The summed E-state index contributed by atoms with van der Waals surface area (Å²) in [5, 5.41) is 12.3. The van der Waals surface area contributed by atoms with Crippen molar-refractivity contribution in [3.8, 4) is 0 Å². The molecule has 0 saturated heterocycles. The first-order valence-electron chi connectivity index (χ1n) is 7.07. The number of hydrogen-bond donors (Lipinski definition) is 2. The van der Waals surface area contributed by atoms with E-state index in [1.165, 1.54) is 12.8 Å². The highest BCUT2D eigenvalue weighted by atomic mass is 16.3. The SMILES string of the molecule is O=C(Cc1ccccn1)NCC1CCCCC1CO. The number of pyridine rings is 1. The molecule has 1 fully saturated rings. The summed E-state index contributed by atoms with van der Waals surface area (Å²) in [5.41, 5.74) is 0.794. The van der Waals surface area contributed by atoms with Gasteiger partial charge in [0.1, 0.15) is 0 Å². The van der Waals surface area contributed by atoms with E-state index in [1.807, 2.05) is 18.2 Å². The average Bonchev–Trinajstić information content (AvgIpc) is 2.46. The summed E-state index contributed by atoms with van der Waals surface area (Å²) < 4.78 is 0. The zero-order valence-electron chi connectivity index (χ0n) is 11.2. The molecule has 0 aromatic carbocycles. The Morgan fingerprint density at radius 1 is 1.32 bits per heavy atom. The normalized spacial score (nSPS) is 23.0. The van der Waals surface area contributed by atoms with Crippen LogP contribution in [0.1, 0.15) is 31.4 Å². The van der Waals surface area contributed by atoms with Crippen LogP contribution in [0.4, 0.5) is 0 Å². The van der Waals surface area contributed by atoms with Crippen molar-refractivity contribution >= 4 is 5.91 Å². The smallest absolute Gasteiger partial charge is 0.226 e. The summed E-state index contributed by atoms with van der Waals surface area (Å²) >= 11 is 0. The molecule has 1 aliphatic carbocycles. The number of rotatable bonds is 5. The Morgan fingerprint density at radius 3 is 2.79 bits per heavy atom. The fourth-order valence-corrected chi connectivity index (χ4v) is 2.77. The Kier molecular flexibility index (Phi) is 5.33. The Morgan fingerprint density at radius 2 is 2.11 bits per heavy atom. The van der Waals surface area contributed by atoms with E-state index in [9.17, 15) is 9.90 Å². The molecular weight excluding hydrogens is 240 g/mol. The van der Waals surface area contributed by atoms with Gasteiger partial charge in [0.15, 0.2) is 0 Å². The third kappa shape index (κ3) is 4.31. The fourth-order valence-electron chi connectivity index (χ4n) is 2.77. The van der Waals surface area contributed by atoms with Crippen LogP contribution in [0.5, 0.6) is 0 Å². The van der Waals surface area contributed by atoms with E-state index >= 15 is 0 Å². The zero-order chi connectivity index (χ0) is 13.5. The molecule has 19 heavy (non-hydrogen) atoms. The van der Waals surface area contributed by atoms with Crippen molar-refractivity contribution in [3.63, 3.8) is 0 Å². The van der Waals surface area contributed by atoms with Gasteiger partial charge in [-0.25, -0.2) is 0 Å². The molecule has 1 saturated carbocycles. The van der Waals surface area contributed by atoms with Gasteiger partial charge >= 0.3 is 0 Å². The summed E-state index contributed by atoms with van der Waals surface area (Å²) in [5.74, 6) is 0.788. The van der Waals surface area contributed by atoms with E-state index in [-0.39, 0.29) is 12.5 Å². The van der Waals surface area contributed by atoms with E-state index in [0.29, 0.717) is 24.8 Å².